The predicted octanol–water partition coefficient (Wildman–Crippen LogP) is 4.71. The summed E-state index contributed by atoms with van der Waals surface area (Å²) in [5.74, 6) is 2.78. The first-order chi connectivity index (χ1) is 18.4. The number of nitrogen functional groups attached to an aromatic ring is 1. The molecule has 0 aliphatic heterocycles. The first-order valence-corrected chi connectivity index (χ1v) is 13.2. The third-order valence-electron chi connectivity index (χ3n) is 7.22. The molecule has 9 nitrogen and oxygen atoms in total. The standard InChI is InChI=1S/C29H35N7O2/c1-18(2)25(31-3)29(37)33-20-11-13-21(14-12-20)36-28-24(17-32-36)26(30)34-27(35-28)19-9-15-23(16-10-19)38-22-7-5-4-6-8-22/h4-10,15-18,20-21,25,31H,11-14H2,1-3H3,(H,33,37)(H2,30,34,35)/t20?,21?,25-/m0/s1. The average molecular weight is 514 g/mol. The Morgan fingerprint density at radius 1 is 1.00 bits per heavy atom. The summed E-state index contributed by atoms with van der Waals surface area (Å²) in [6, 6.07) is 17.5. The Labute approximate surface area is 222 Å². The van der Waals surface area contributed by atoms with E-state index < -0.39 is 0 Å². The van der Waals surface area contributed by atoms with Crippen molar-refractivity contribution in [3.63, 3.8) is 0 Å². The van der Waals surface area contributed by atoms with Crippen molar-refractivity contribution >= 4 is 22.8 Å². The predicted molar refractivity (Wildman–Crippen MR) is 149 cm³/mol. The topological polar surface area (TPSA) is 120 Å². The van der Waals surface area contributed by atoms with Crippen LogP contribution in [0.15, 0.2) is 60.8 Å². The molecule has 1 saturated carbocycles. The fourth-order valence-electron chi connectivity index (χ4n) is 5.16. The first kappa shape index (κ1) is 25.7. The number of carbonyl (C=O) groups is 1. The third kappa shape index (κ3) is 5.47. The molecule has 0 unspecified atom stereocenters. The van der Waals surface area contributed by atoms with E-state index in [1.807, 2.05) is 66.3 Å². The van der Waals surface area contributed by atoms with Crippen molar-refractivity contribution in [1.82, 2.24) is 30.4 Å². The van der Waals surface area contributed by atoms with Crippen LogP contribution in [-0.2, 0) is 4.79 Å². The molecular formula is C29H35N7O2. The molecule has 0 radical (unpaired) electrons. The lowest BCUT2D eigenvalue weighted by atomic mass is 9.90. The number of carbonyl (C=O) groups excluding carboxylic acids is 1. The molecule has 1 atom stereocenters. The van der Waals surface area contributed by atoms with Gasteiger partial charge in [-0.15, -0.1) is 0 Å². The number of hydrogen-bond acceptors (Lipinski definition) is 7. The number of nitrogens with one attached hydrogen (secondary N) is 2. The minimum absolute atomic E-state index is 0.0702. The Bertz CT molecular complexity index is 1380. The number of benzene rings is 2. The van der Waals surface area contributed by atoms with Gasteiger partial charge in [0.05, 0.1) is 23.7 Å². The summed E-state index contributed by atoms with van der Waals surface area (Å²) >= 11 is 0. The summed E-state index contributed by atoms with van der Waals surface area (Å²) < 4.78 is 7.88. The lowest BCUT2D eigenvalue weighted by molar-refractivity contribution is -0.125. The highest BCUT2D eigenvalue weighted by molar-refractivity contribution is 5.87. The van der Waals surface area contributed by atoms with Gasteiger partial charge in [-0.05, 0) is 75.0 Å². The van der Waals surface area contributed by atoms with Gasteiger partial charge in [0.15, 0.2) is 11.5 Å². The molecule has 0 saturated heterocycles. The molecule has 4 N–H and O–H groups in total. The third-order valence-corrected chi connectivity index (χ3v) is 7.22. The highest BCUT2D eigenvalue weighted by atomic mass is 16.5. The van der Waals surface area contributed by atoms with Crippen LogP contribution in [0.2, 0.25) is 0 Å². The Kier molecular flexibility index (Phi) is 7.55. The SMILES string of the molecule is CN[C@H](C(=O)NC1CCC(n2ncc3c(N)nc(-c4ccc(Oc5ccccc5)cc4)nc32)CC1)C(C)C. The van der Waals surface area contributed by atoms with Crippen molar-refractivity contribution in [1.29, 1.82) is 0 Å². The van der Waals surface area contributed by atoms with Crippen LogP contribution in [-0.4, -0.2) is 44.8 Å². The number of para-hydroxylation sites is 1. The zero-order valence-electron chi connectivity index (χ0n) is 22.1. The average Bonchev–Trinajstić information content (AvgIpc) is 3.35. The minimum atomic E-state index is -0.181. The number of fused-ring (bicyclic) bond motifs is 1. The summed E-state index contributed by atoms with van der Waals surface area (Å²) in [6.45, 7) is 4.10. The fourth-order valence-corrected chi connectivity index (χ4v) is 5.16. The first-order valence-electron chi connectivity index (χ1n) is 13.2. The second-order valence-corrected chi connectivity index (χ2v) is 10.2. The van der Waals surface area contributed by atoms with Crippen LogP contribution in [0.5, 0.6) is 11.5 Å². The van der Waals surface area contributed by atoms with E-state index in [9.17, 15) is 4.79 Å². The second-order valence-electron chi connectivity index (χ2n) is 10.2. The maximum absolute atomic E-state index is 12.7. The van der Waals surface area contributed by atoms with E-state index in [-0.39, 0.29) is 30.0 Å². The van der Waals surface area contributed by atoms with Gasteiger partial charge in [0.1, 0.15) is 17.3 Å². The summed E-state index contributed by atoms with van der Waals surface area (Å²) in [6.07, 6.45) is 5.33. The second kappa shape index (κ2) is 11.2. The number of hydrogen-bond donors (Lipinski definition) is 3. The van der Waals surface area contributed by atoms with E-state index in [1.54, 1.807) is 6.20 Å². The van der Waals surface area contributed by atoms with Crippen LogP contribution in [0, 0.1) is 5.92 Å². The number of anilines is 1. The molecule has 5 rings (SSSR count). The Morgan fingerprint density at radius 2 is 1.68 bits per heavy atom. The molecule has 1 aliphatic carbocycles. The van der Waals surface area contributed by atoms with E-state index in [2.05, 4.69) is 34.6 Å². The lowest BCUT2D eigenvalue weighted by Gasteiger charge is -2.31. The lowest BCUT2D eigenvalue weighted by Crippen LogP contribution is -2.50. The molecule has 198 valence electrons. The molecule has 1 amide bonds. The number of rotatable bonds is 8. The van der Waals surface area contributed by atoms with E-state index in [0.717, 1.165) is 53.8 Å². The molecule has 9 heteroatoms. The van der Waals surface area contributed by atoms with Gasteiger partial charge in [0.2, 0.25) is 5.91 Å². The van der Waals surface area contributed by atoms with Gasteiger partial charge < -0.3 is 21.1 Å². The molecule has 2 heterocycles. The van der Waals surface area contributed by atoms with Crippen LogP contribution in [0.4, 0.5) is 5.82 Å². The summed E-state index contributed by atoms with van der Waals surface area (Å²) in [5.41, 5.74) is 7.91. The number of nitrogens with zero attached hydrogens (tertiary/aromatic N) is 4. The van der Waals surface area contributed by atoms with Gasteiger partial charge in [-0.1, -0.05) is 32.0 Å². The summed E-state index contributed by atoms with van der Waals surface area (Å²) in [4.78, 5) is 22.1. The van der Waals surface area contributed by atoms with Gasteiger partial charge in [0.25, 0.3) is 0 Å². The van der Waals surface area contributed by atoms with Crippen LogP contribution in [0.25, 0.3) is 22.4 Å². The Hall–Kier alpha value is -3.98. The van der Waals surface area contributed by atoms with Crippen molar-refractivity contribution in [2.75, 3.05) is 12.8 Å². The van der Waals surface area contributed by atoms with Crippen LogP contribution >= 0.6 is 0 Å². The number of amides is 1. The number of likely N-dealkylation sites (N-methyl/N-ethyl adjacent to an activating group) is 1. The smallest absolute Gasteiger partial charge is 0.237 e. The largest absolute Gasteiger partial charge is 0.457 e. The monoisotopic (exact) mass is 513 g/mol. The van der Waals surface area contributed by atoms with E-state index in [1.165, 1.54) is 0 Å². The molecule has 2 aromatic carbocycles. The van der Waals surface area contributed by atoms with E-state index in [0.29, 0.717) is 11.6 Å². The quantitative estimate of drug-likeness (QED) is 0.312. The van der Waals surface area contributed by atoms with Gasteiger partial charge in [0, 0.05) is 11.6 Å². The fraction of sp³-hybridized carbons (Fsp3) is 0.379. The molecule has 0 spiro atoms. The van der Waals surface area contributed by atoms with Gasteiger partial charge in [-0.25, -0.2) is 14.6 Å². The molecule has 2 aromatic heterocycles. The summed E-state index contributed by atoms with van der Waals surface area (Å²) in [7, 11) is 1.83. The van der Waals surface area contributed by atoms with Gasteiger partial charge in [-0.2, -0.15) is 5.10 Å². The van der Waals surface area contributed by atoms with Crippen molar-refractivity contribution in [3.8, 4) is 22.9 Å². The van der Waals surface area contributed by atoms with Crippen molar-refractivity contribution in [2.24, 2.45) is 5.92 Å². The molecule has 1 fully saturated rings. The highest BCUT2D eigenvalue weighted by Crippen LogP contribution is 2.33. The highest BCUT2D eigenvalue weighted by Gasteiger charge is 2.28. The van der Waals surface area contributed by atoms with Crippen LogP contribution < -0.4 is 21.1 Å². The molecular weight excluding hydrogens is 478 g/mol. The van der Waals surface area contributed by atoms with E-state index in [4.69, 9.17) is 15.5 Å². The van der Waals surface area contributed by atoms with Crippen molar-refractivity contribution in [3.05, 3.63) is 60.8 Å². The van der Waals surface area contributed by atoms with Crippen LogP contribution in [0.1, 0.15) is 45.6 Å². The molecule has 38 heavy (non-hydrogen) atoms. The van der Waals surface area contributed by atoms with Crippen molar-refractivity contribution < 1.29 is 9.53 Å². The Balaban J connectivity index is 1.30. The summed E-state index contributed by atoms with van der Waals surface area (Å²) in [5, 5.41) is 11.7. The molecule has 4 aromatic rings. The zero-order valence-corrected chi connectivity index (χ0v) is 22.1. The number of nitrogens with two attached hydrogens (primary N) is 1. The number of aromatic nitrogens is 4. The number of ether oxygens (including phenoxy) is 1. The maximum Gasteiger partial charge on any atom is 0.237 e. The van der Waals surface area contributed by atoms with Gasteiger partial charge >= 0.3 is 0 Å². The van der Waals surface area contributed by atoms with Crippen LogP contribution in [0.3, 0.4) is 0 Å². The molecule has 1 aliphatic rings. The van der Waals surface area contributed by atoms with Gasteiger partial charge in [-0.3, -0.25) is 4.79 Å². The molecule has 0 bridgehead atoms. The van der Waals surface area contributed by atoms with Crippen molar-refractivity contribution in [2.45, 2.75) is 57.7 Å². The normalized spacial score (nSPS) is 18.4. The maximum atomic E-state index is 12.7. The zero-order chi connectivity index (χ0) is 26.6. The Morgan fingerprint density at radius 3 is 2.34 bits per heavy atom. The van der Waals surface area contributed by atoms with E-state index >= 15 is 0 Å². The minimum Gasteiger partial charge on any atom is -0.457 e.